The Bertz CT molecular complexity index is 241. The van der Waals surface area contributed by atoms with Crippen LogP contribution >= 0.6 is 11.8 Å². The Morgan fingerprint density at radius 2 is 2.41 bits per heavy atom. The number of amides is 1. The van der Waals surface area contributed by atoms with Crippen LogP contribution in [0.25, 0.3) is 0 Å². The average molecular weight is 260 g/mol. The van der Waals surface area contributed by atoms with E-state index in [4.69, 9.17) is 9.47 Å². The number of carbonyl (C=O) groups excluding carboxylic acids is 1. The summed E-state index contributed by atoms with van der Waals surface area (Å²) < 4.78 is 10.7. The molecule has 5 nitrogen and oxygen atoms in total. The van der Waals surface area contributed by atoms with E-state index in [2.05, 4.69) is 10.6 Å². The van der Waals surface area contributed by atoms with Crippen molar-refractivity contribution < 1.29 is 14.3 Å². The van der Waals surface area contributed by atoms with E-state index in [9.17, 15) is 4.79 Å². The maximum Gasteiger partial charge on any atom is 0.221 e. The fourth-order valence-corrected chi connectivity index (χ4v) is 2.88. The monoisotopic (exact) mass is 260 g/mol. The van der Waals surface area contributed by atoms with Gasteiger partial charge in [-0.2, -0.15) is 11.8 Å². The van der Waals surface area contributed by atoms with Crippen molar-refractivity contribution in [3.8, 4) is 0 Å². The number of ether oxygens (including phenoxy) is 2. The lowest BCUT2D eigenvalue weighted by atomic mass is 10.2. The molecule has 0 aromatic rings. The lowest BCUT2D eigenvalue weighted by Crippen LogP contribution is -2.44. The number of carbonyl (C=O) groups is 1. The summed E-state index contributed by atoms with van der Waals surface area (Å²) in [6.45, 7) is 3.42. The molecular weight excluding hydrogens is 240 g/mol. The molecule has 0 aromatic heterocycles. The van der Waals surface area contributed by atoms with Crippen LogP contribution in [0.4, 0.5) is 0 Å². The molecular formula is C11H20N2O3S. The summed E-state index contributed by atoms with van der Waals surface area (Å²) in [5, 5.41) is 6.26. The average Bonchev–Trinajstić information content (AvgIpc) is 2.39. The summed E-state index contributed by atoms with van der Waals surface area (Å²) in [5.41, 5.74) is 0. The molecule has 1 amide bonds. The second-order valence-corrected chi connectivity index (χ2v) is 5.45. The van der Waals surface area contributed by atoms with Crippen LogP contribution < -0.4 is 10.6 Å². The van der Waals surface area contributed by atoms with Crippen LogP contribution in [-0.4, -0.2) is 62.5 Å². The highest BCUT2D eigenvalue weighted by Crippen LogP contribution is 2.10. The van der Waals surface area contributed by atoms with E-state index in [-0.39, 0.29) is 12.0 Å². The highest BCUT2D eigenvalue weighted by Gasteiger charge is 2.18. The summed E-state index contributed by atoms with van der Waals surface area (Å²) in [7, 11) is 0. The highest BCUT2D eigenvalue weighted by molar-refractivity contribution is 7.99. The van der Waals surface area contributed by atoms with E-state index in [0.717, 1.165) is 18.1 Å². The van der Waals surface area contributed by atoms with Crippen LogP contribution in [-0.2, 0) is 14.3 Å². The minimum atomic E-state index is 0.0152. The van der Waals surface area contributed by atoms with Crippen molar-refractivity contribution in [2.45, 2.75) is 18.6 Å². The van der Waals surface area contributed by atoms with E-state index in [1.54, 1.807) is 0 Å². The summed E-state index contributed by atoms with van der Waals surface area (Å²) in [4.78, 5) is 11.7. The summed E-state index contributed by atoms with van der Waals surface area (Å²) >= 11 is 1.90. The quantitative estimate of drug-likeness (QED) is 0.721. The zero-order valence-electron chi connectivity index (χ0n) is 9.94. The molecule has 2 unspecified atom stereocenters. The molecule has 2 rings (SSSR count). The highest BCUT2D eigenvalue weighted by atomic mass is 32.2. The minimum Gasteiger partial charge on any atom is -0.376 e. The number of rotatable bonds is 4. The van der Waals surface area contributed by atoms with E-state index in [0.29, 0.717) is 38.8 Å². The van der Waals surface area contributed by atoms with E-state index in [1.807, 2.05) is 11.8 Å². The van der Waals surface area contributed by atoms with Gasteiger partial charge in [0.15, 0.2) is 0 Å². The van der Waals surface area contributed by atoms with Crippen LogP contribution in [0.1, 0.15) is 6.42 Å². The second kappa shape index (κ2) is 7.20. The van der Waals surface area contributed by atoms with Gasteiger partial charge in [-0.25, -0.2) is 0 Å². The van der Waals surface area contributed by atoms with Crippen molar-refractivity contribution in [3.63, 3.8) is 0 Å². The fraction of sp³-hybridized carbons (Fsp3) is 0.909. The Morgan fingerprint density at radius 1 is 1.47 bits per heavy atom. The van der Waals surface area contributed by atoms with Gasteiger partial charge in [0.05, 0.1) is 25.9 Å². The standard InChI is InChI=1S/C11H20N2O3S/c14-11(5-9-8-17-4-1-12-9)13-6-10-7-15-2-3-16-10/h9-10,12H,1-8H2,(H,13,14). The molecule has 2 atom stereocenters. The summed E-state index contributed by atoms with van der Waals surface area (Å²) in [6, 6.07) is 0.317. The lowest BCUT2D eigenvalue weighted by Gasteiger charge is -2.25. The first kappa shape index (κ1) is 13.1. The summed E-state index contributed by atoms with van der Waals surface area (Å²) in [6.07, 6.45) is 0.571. The largest absolute Gasteiger partial charge is 0.376 e. The van der Waals surface area contributed by atoms with Gasteiger partial charge in [0, 0.05) is 37.1 Å². The molecule has 0 radical (unpaired) electrons. The van der Waals surface area contributed by atoms with Gasteiger partial charge in [0.1, 0.15) is 0 Å². The number of thioether (sulfide) groups is 1. The van der Waals surface area contributed by atoms with Crippen LogP contribution in [0.3, 0.4) is 0 Å². The maximum absolute atomic E-state index is 11.7. The van der Waals surface area contributed by atoms with Gasteiger partial charge in [-0.15, -0.1) is 0 Å². The predicted molar refractivity (Wildman–Crippen MR) is 67.3 cm³/mol. The Hall–Kier alpha value is -0.300. The SMILES string of the molecule is O=C(CC1CSCCN1)NCC1COCCO1. The normalized spacial score (nSPS) is 29.9. The molecule has 0 bridgehead atoms. The topological polar surface area (TPSA) is 59.6 Å². The molecule has 2 saturated heterocycles. The third kappa shape index (κ3) is 4.83. The lowest BCUT2D eigenvalue weighted by molar-refractivity contribution is -0.124. The summed E-state index contributed by atoms with van der Waals surface area (Å²) in [5.74, 6) is 2.26. The number of hydrogen-bond donors (Lipinski definition) is 2. The second-order valence-electron chi connectivity index (χ2n) is 4.30. The molecule has 2 fully saturated rings. The first-order valence-corrected chi connectivity index (χ1v) is 7.27. The molecule has 17 heavy (non-hydrogen) atoms. The Kier molecular flexibility index (Phi) is 5.57. The molecule has 2 aliphatic heterocycles. The number of nitrogens with one attached hydrogen (secondary N) is 2. The Balaban J connectivity index is 1.59. The zero-order valence-corrected chi connectivity index (χ0v) is 10.8. The smallest absolute Gasteiger partial charge is 0.221 e. The van der Waals surface area contributed by atoms with Crippen molar-refractivity contribution >= 4 is 17.7 Å². The molecule has 0 spiro atoms. The molecule has 0 aromatic carbocycles. The molecule has 0 saturated carbocycles. The molecule has 98 valence electrons. The first-order chi connectivity index (χ1) is 8.34. The number of hydrogen-bond acceptors (Lipinski definition) is 5. The molecule has 6 heteroatoms. The van der Waals surface area contributed by atoms with E-state index in [1.165, 1.54) is 0 Å². The van der Waals surface area contributed by atoms with Crippen LogP contribution in [0.15, 0.2) is 0 Å². The van der Waals surface area contributed by atoms with E-state index < -0.39 is 0 Å². The molecule has 2 N–H and O–H groups in total. The maximum atomic E-state index is 11.7. The predicted octanol–water partition coefficient (Wildman–Crippen LogP) is -0.387. The van der Waals surface area contributed by atoms with Crippen molar-refractivity contribution in [2.75, 3.05) is 44.4 Å². The third-order valence-corrected chi connectivity index (χ3v) is 3.97. The third-order valence-electron chi connectivity index (χ3n) is 2.84. The van der Waals surface area contributed by atoms with Gasteiger partial charge in [-0.3, -0.25) is 4.79 Å². The first-order valence-electron chi connectivity index (χ1n) is 6.12. The molecule has 0 aliphatic carbocycles. The van der Waals surface area contributed by atoms with Crippen molar-refractivity contribution in [3.05, 3.63) is 0 Å². The minimum absolute atomic E-state index is 0.0152. The van der Waals surface area contributed by atoms with Gasteiger partial charge in [-0.1, -0.05) is 0 Å². The van der Waals surface area contributed by atoms with Gasteiger partial charge in [-0.05, 0) is 0 Å². The Labute approximate surface area is 106 Å². The molecule has 2 heterocycles. The van der Waals surface area contributed by atoms with Crippen LogP contribution in [0.2, 0.25) is 0 Å². The Morgan fingerprint density at radius 3 is 3.12 bits per heavy atom. The molecule has 2 aliphatic rings. The fourth-order valence-electron chi connectivity index (χ4n) is 1.93. The van der Waals surface area contributed by atoms with Crippen molar-refractivity contribution in [1.82, 2.24) is 10.6 Å². The van der Waals surface area contributed by atoms with Gasteiger partial charge >= 0.3 is 0 Å². The van der Waals surface area contributed by atoms with Crippen molar-refractivity contribution in [2.24, 2.45) is 0 Å². The van der Waals surface area contributed by atoms with Gasteiger partial charge in [0.2, 0.25) is 5.91 Å². The van der Waals surface area contributed by atoms with E-state index >= 15 is 0 Å². The van der Waals surface area contributed by atoms with Crippen LogP contribution in [0, 0.1) is 0 Å². The van der Waals surface area contributed by atoms with Gasteiger partial charge < -0.3 is 20.1 Å². The van der Waals surface area contributed by atoms with Gasteiger partial charge in [0.25, 0.3) is 0 Å². The van der Waals surface area contributed by atoms with Crippen molar-refractivity contribution in [1.29, 1.82) is 0 Å². The van der Waals surface area contributed by atoms with Crippen LogP contribution in [0.5, 0.6) is 0 Å². The zero-order chi connectivity index (χ0) is 11.9.